The van der Waals surface area contributed by atoms with E-state index in [0.29, 0.717) is 6.04 Å². The van der Waals surface area contributed by atoms with Crippen LogP contribution in [0.25, 0.3) is 0 Å². The van der Waals surface area contributed by atoms with E-state index in [1.54, 1.807) is 0 Å². The monoisotopic (exact) mass is 482 g/mol. The van der Waals surface area contributed by atoms with Gasteiger partial charge in [0.1, 0.15) is 5.60 Å². The molecule has 0 aromatic heterocycles. The van der Waals surface area contributed by atoms with Gasteiger partial charge in [0, 0.05) is 18.6 Å². The molecule has 0 saturated carbocycles. The average Bonchev–Trinajstić information content (AvgIpc) is 3.24. The first-order valence-electron chi connectivity index (χ1n) is 12.3. The van der Waals surface area contributed by atoms with Gasteiger partial charge in [0.25, 0.3) is 8.32 Å². The number of hydrogen-bond donors (Lipinski definition) is 1. The number of ether oxygens (including phenoxy) is 1. The van der Waals surface area contributed by atoms with E-state index in [2.05, 4.69) is 93.6 Å². The van der Waals surface area contributed by atoms with Crippen molar-refractivity contribution in [1.29, 1.82) is 0 Å². The van der Waals surface area contributed by atoms with E-state index in [1.165, 1.54) is 0 Å². The number of nitrogens with zero attached hydrogens (tertiary/aromatic N) is 1. The van der Waals surface area contributed by atoms with Crippen LogP contribution in [0.3, 0.4) is 0 Å². The third kappa shape index (κ3) is 5.79. The normalized spacial score (nSPS) is 20.4. The zero-order valence-corrected chi connectivity index (χ0v) is 23.1. The van der Waals surface area contributed by atoms with Crippen molar-refractivity contribution in [3.8, 4) is 0 Å². The number of hydrogen-bond acceptors (Lipinski definition) is 5. The molecule has 1 fully saturated rings. The molecule has 1 N–H and O–H groups in total. The van der Waals surface area contributed by atoms with Gasteiger partial charge in [0.2, 0.25) is 0 Å². The number of carbonyl (C=O) groups is 1. The van der Waals surface area contributed by atoms with Crippen molar-refractivity contribution < 1.29 is 14.0 Å². The van der Waals surface area contributed by atoms with Gasteiger partial charge in [-0.1, -0.05) is 81.4 Å². The zero-order valence-electron chi connectivity index (χ0n) is 22.1. The maximum absolute atomic E-state index is 13.7. The first kappa shape index (κ1) is 26.6. The lowest BCUT2D eigenvalue weighted by molar-refractivity contribution is -0.165. The number of nitrogens with one attached hydrogen (secondary N) is 1. The Labute approximate surface area is 207 Å². The molecule has 1 saturated heterocycles. The molecule has 0 spiro atoms. The minimum Gasteiger partial charge on any atom is -0.458 e. The fourth-order valence-electron chi connectivity index (χ4n) is 4.91. The topological polar surface area (TPSA) is 50.8 Å². The molecule has 0 bridgehead atoms. The van der Waals surface area contributed by atoms with E-state index in [0.717, 1.165) is 23.3 Å². The first-order valence-corrected chi connectivity index (χ1v) is 14.2. The second-order valence-corrected chi connectivity index (χ2v) is 15.9. The highest BCUT2D eigenvalue weighted by molar-refractivity contribution is 6.99. The Balaban J connectivity index is 2.15. The van der Waals surface area contributed by atoms with E-state index in [4.69, 9.17) is 9.16 Å². The van der Waals surface area contributed by atoms with Gasteiger partial charge < -0.3 is 19.4 Å². The third-order valence-electron chi connectivity index (χ3n) is 6.60. The molecule has 5 nitrogen and oxygen atoms in total. The summed E-state index contributed by atoms with van der Waals surface area (Å²) >= 11 is 0. The van der Waals surface area contributed by atoms with E-state index < -0.39 is 20.0 Å². The summed E-state index contributed by atoms with van der Waals surface area (Å²) in [6.45, 7) is 13.3. The summed E-state index contributed by atoms with van der Waals surface area (Å²) in [5.74, 6) is -0.294. The molecule has 0 radical (unpaired) electrons. The van der Waals surface area contributed by atoms with Gasteiger partial charge in [-0.15, -0.1) is 0 Å². The molecule has 0 amide bonds. The minimum absolute atomic E-state index is 0.121. The number of carbonyl (C=O) groups excluding carboxylic acids is 1. The summed E-state index contributed by atoms with van der Waals surface area (Å²) in [5, 5.41) is 5.67. The largest absolute Gasteiger partial charge is 0.458 e. The van der Waals surface area contributed by atoms with Gasteiger partial charge in [-0.3, -0.25) is 0 Å². The molecule has 1 aliphatic rings. The molecule has 1 aliphatic heterocycles. The van der Waals surface area contributed by atoms with Crippen molar-refractivity contribution in [3.63, 3.8) is 0 Å². The fraction of sp³-hybridized carbons (Fsp3) is 0.536. The zero-order chi connectivity index (χ0) is 25.1. The Morgan fingerprint density at radius 1 is 0.941 bits per heavy atom. The molecule has 3 atom stereocenters. The van der Waals surface area contributed by atoms with Crippen LogP contribution in [0.2, 0.25) is 5.04 Å². The molecule has 34 heavy (non-hydrogen) atoms. The van der Waals surface area contributed by atoms with Crippen molar-refractivity contribution in [2.75, 3.05) is 20.6 Å². The van der Waals surface area contributed by atoms with Crippen LogP contribution in [0, 0.1) is 0 Å². The highest BCUT2D eigenvalue weighted by Gasteiger charge is 2.54. The lowest BCUT2D eigenvalue weighted by atomic mass is 10.1. The highest BCUT2D eigenvalue weighted by atomic mass is 28.4. The van der Waals surface area contributed by atoms with Crippen molar-refractivity contribution in [2.45, 2.75) is 76.8 Å². The maximum atomic E-state index is 13.7. The first-order chi connectivity index (χ1) is 15.8. The Kier molecular flexibility index (Phi) is 8.08. The average molecular weight is 483 g/mol. The van der Waals surface area contributed by atoms with E-state index in [9.17, 15) is 4.79 Å². The van der Waals surface area contributed by atoms with Crippen molar-refractivity contribution >= 4 is 24.7 Å². The number of esters is 1. The second kappa shape index (κ2) is 10.3. The van der Waals surface area contributed by atoms with Crippen molar-refractivity contribution in [2.24, 2.45) is 0 Å². The quantitative estimate of drug-likeness (QED) is 0.483. The second-order valence-electron chi connectivity index (χ2n) is 11.6. The van der Waals surface area contributed by atoms with Crippen molar-refractivity contribution in [3.05, 3.63) is 60.7 Å². The molecule has 3 rings (SSSR count). The summed E-state index contributed by atoms with van der Waals surface area (Å²) in [4.78, 5) is 15.9. The third-order valence-corrected chi connectivity index (χ3v) is 11.6. The Morgan fingerprint density at radius 2 is 1.44 bits per heavy atom. The summed E-state index contributed by atoms with van der Waals surface area (Å²) in [5.41, 5.74) is -0.594. The molecule has 186 valence electrons. The lowest BCUT2D eigenvalue weighted by Gasteiger charge is -2.45. The maximum Gasteiger partial charge on any atom is 0.336 e. The predicted octanol–water partition coefficient (Wildman–Crippen LogP) is 3.57. The van der Waals surface area contributed by atoms with Gasteiger partial charge in [-0.2, -0.15) is 0 Å². The van der Waals surface area contributed by atoms with Crippen LogP contribution in [0.15, 0.2) is 60.7 Å². The van der Waals surface area contributed by atoms with Crippen molar-refractivity contribution in [1.82, 2.24) is 10.2 Å². The fourth-order valence-corrected chi connectivity index (χ4v) is 9.56. The van der Waals surface area contributed by atoms with Gasteiger partial charge in [0.15, 0.2) is 6.10 Å². The van der Waals surface area contributed by atoms with Crippen LogP contribution >= 0.6 is 0 Å². The Bertz CT molecular complexity index is 896. The van der Waals surface area contributed by atoms with Gasteiger partial charge in [-0.25, -0.2) is 4.79 Å². The number of rotatable bonds is 7. The van der Waals surface area contributed by atoms with E-state index >= 15 is 0 Å². The highest BCUT2D eigenvalue weighted by Crippen LogP contribution is 2.38. The van der Waals surface area contributed by atoms with Gasteiger partial charge in [0.05, 0.1) is 0 Å². The number of benzene rings is 2. The van der Waals surface area contributed by atoms with Crippen LogP contribution in [0.1, 0.15) is 48.0 Å². The Morgan fingerprint density at radius 3 is 1.82 bits per heavy atom. The van der Waals surface area contributed by atoms with E-state index in [-0.39, 0.29) is 17.0 Å². The SMILES string of the molecule is CN(C)[C@H]1CN[C@H](C(O[Si](c2ccccc2)(c2ccccc2)C(C)(C)C)C(=O)OC(C)(C)C)C1. The summed E-state index contributed by atoms with van der Waals surface area (Å²) < 4.78 is 13.2. The molecule has 6 heteroatoms. The predicted molar refractivity (Wildman–Crippen MR) is 142 cm³/mol. The minimum atomic E-state index is -2.92. The summed E-state index contributed by atoms with van der Waals surface area (Å²) in [6.07, 6.45) is 0.116. The van der Waals surface area contributed by atoms with Crippen LogP contribution in [0.5, 0.6) is 0 Å². The molecule has 1 heterocycles. The molecule has 2 aromatic rings. The standard InChI is InChI=1S/C28H42N2O3Si/c1-27(2,3)32-26(31)25(24-19-21(20-29-24)30(7)8)33-34(28(4,5)6,22-15-11-9-12-16-22)23-17-13-10-14-18-23/h9-18,21,24-25,29H,19-20H2,1-8H3/t21-,24+,25?/m1/s1. The van der Waals surface area contributed by atoms with Crippen LogP contribution < -0.4 is 15.7 Å². The van der Waals surface area contributed by atoms with Gasteiger partial charge in [-0.05, 0) is 56.7 Å². The number of likely N-dealkylation sites (N-methyl/N-ethyl adjacent to an activating group) is 1. The van der Waals surface area contributed by atoms with Crippen LogP contribution in [-0.2, 0) is 14.0 Å². The van der Waals surface area contributed by atoms with Crippen LogP contribution in [-0.4, -0.2) is 63.6 Å². The lowest BCUT2D eigenvalue weighted by Crippen LogP contribution is -2.69. The molecule has 2 aromatic carbocycles. The van der Waals surface area contributed by atoms with Gasteiger partial charge >= 0.3 is 5.97 Å². The smallest absolute Gasteiger partial charge is 0.336 e. The molecule has 1 unspecified atom stereocenters. The van der Waals surface area contributed by atoms with Crippen LogP contribution in [0.4, 0.5) is 0 Å². The molecule has 0 aliphatic carbocycles. The van der Waals surface area contributed by atoms with E-state index in [1.807, 2.05) is 32.9 Å². The summed E-state index contributed by atoms with van der Waals surface area (Å²) in [6, 6.07) is 21.2. The summed E-state index contributed by atoms with van der Waals surface area (Å²) in [7, 11) is 1.25. The molecular weight excluding hydrogens is 440 g/mol. The molecular formula is C28H42N2O3Si. The Hall–Kier alpha value is -1.99.